The molecule has 2 atom stereocenters. The van der Waals surface area contributed by atoms with E-state index in [-0.39, 0.29) is 5.91 Å². The van der Waals surface area contributed by atoms with Gasteiger partial charge in [0, 0.05) is 12.1 Å². The van der Waals surface area contributed by atoms with Gasteiger partial charge in [-0.3, -0.25) is 4.79 Å². The highest BCUT2D eigenvalue weighted by molar-refractivity contribution is 5.94. The molecule has 4 saturated carbocycles. The second kappa shape index (κ2) is 6.22. The van der Waals surface area contributed by atoms with Gasteiger partial charge >= 0.3 is 0 Å². The summed E-state index contributed by atoms with van der Waals surface area (Å²) in [5.74, 6) is 1.75. The molecule has 4 aliphatic rings. The van der Waals surface area contributed by atoms with E-state index in [9.17, 15) is 4.79 Å². The average molecular weight is 360 g/mol. The van der Waals surface area contributed by atoms with Crippen LogP contribution in [0.25, 0.3) is 0 Å². The maximum absolute atomic E-state index is 12.6. The van der Waals surface area contributed by atoms with Crippen LogP contribution in [-0.2, 0) is 5.41 Å². The standard InChI is InChI=1S/C25H29NO/c1-18-7-9-22(10-8-18)25-14-19-11-20(15-25)13-24(12-19,16-25)17-26-23(27)21-5-3-2-4-6-21/h2-10,19-20H,11-17H2,1H3,(H,26,27)/t19-,20-,24?,25?/m0/s1. The van der Waals surface area contributed by atoms with Crippen molar-refractivity contribution in [2.24, 2.45) is 17.3 Å². The summed E-state index contributed by atoms with van der Waals surface area (Å²) in [6, 6.07) is 18.9. The van der Waals surface area contributed by atoms with Crippen LogP contribution in [-0.4, -0.2) is 12.5 Å². The highest BCUT2D eigenvalue weighted by Gasteiger charge is 2.57. The average Bonchev–Trinajstić information content (AvgIpc) is 2.66. The van der Waals surface area contributed by atoms with Crippen molar-refractivity contribution in [1.29, 1.82) is 0 Å². The quantitative estimate of drug-likeness (QED) is 0.792. The van der Waals surface area contributed by atoms with E-state index in [1.54, 1.807) is 5.56 Å². The molecule has 27 heavy (non-hydrogen) atoms. The van der Waals surface area contributed by atoms with E-state index in [0.717, 1.165) is 23.9 Å². The Kier molecular flexibility index (Phi) is 3.93. The molecule has 1 N–H and O–H groups in total. The molecule has 2 nitrogen and oxygen atoms in total. The lowest BCUT2D eigenvalue weighted by Gasteiger charge is -2.62. The van der Waals surface area contributed by atoms with E-state index >= 15 is 0 Å². The number of rotatable bonds is 4. The molecule has 2 aromatic carbocycles. The number of hydrogen-bond donors (Lipinski definition) is 1. The number of aryl methyl sites for hydroxylation is 1. The van der Waals surface area contributed by atoms with Crippen LogP contribution in [0.15, 0.2) is 54.6 Å². The number of hydrogen-bond acceptors (Lipinski definition) is 1. The minimum Gasteiger partial charge on any atom is -0.351 e. The largest absolute Gasteiger partial charge is 0.351 e. The second-order valence-corrected chi connectivity index (χ2v) is 9.66. The van der Waals surface area contributed by atoms with Gasteiger partial charge in [0.2, 0.25) is 0 Å². The molecule has 0 saturated heterocycles. The molecule has 0 aromatic heterocycles. The van der Waals surface area contributed by atoms with Crippen LogP contribution in [0.1, 0.15) is 60.0 Å². The predicted molar refractivity (Wildman–Crippen MR) is 109 cm³/mol. The molecule has 0 aliphatic heterocycles. The SMILES string of the molecule is Cc1ccc(C23C[C@H]4C[C@@H](CC(CNC(=O)c5ccccc5)(C4)C2)C3)cc1. The number of carbonyl (C=O) groups is 1. The van der Waals surface area contributed by atoms with Crippen LogP contribution < -0.4 is 5.32 Å². The monoisotopic (exact) mass is 359 g/mol. The lowest BCUT2D eigenvalue weighted by molar-refractivity contribution is -0.0697. The summed E-state index contributed by atoms with van der Waals surface area (Å²) in [6.45, 7) is 3.01. The van der Waals surface area contributed by atoms with Gasteiger partial charge in [-0.25, -0.2) is 0 Å². The van der Waals surface area contributed by atoms with Crippen molar-refractivity contribution in [1.82, 2.24) is 5.32 Å². The van der Waals surface area contributed by atoms with Crippen molar-refractivity contribution in [2.45, 2.75) is 50.9 Å². The minimum absolute atomic E-state index is 0.0794. The molecule has 2 aromatic rings. The molecular formula is C25H29NO. The Morgan fingerprint density at radius 1 is 0.963 bits per heavy atom. The van der Waals surface area contributed by atoms with Crippen LogP contribution in [0.2, 0.25) is 0 Å². The molecule has 4 bridgehead atoms. The van der Waals surface area contributed by atoms with Crippen molar-refractivity contribution < 1.29 is 4.79 Å². The zero-order chi connectivity index (χ0) is 18.5. The lowest BCUT2D eigenvalue weighted by atomic mass is 9.43. The van der Waals surface area contributed by atoms with E-state index in [0.29, 0.717) is 10.8 Å². The molecule has 1 amide bonds. The van der Waals surface area contributed by atoms with E-state index < -0.39 is 0 Å². The Bertz CT molecular complexity index is 824. The van der Waals surface area contributed by atoms with Crippen molar-refractivity contribution in [3.8, 4) is 0 Å². The van der Waals surface area contributed by atoms with Gasteiger partial charge in [-0.15, -0.1) is 0 Å². The summed E-state index contributed by atoms with van der Waals surface area (Å²) < 4.78 is 0. The van der Waals surface area contributed by atoms with Crippen molar-refractivity contribution in [3.63, 3.8) is 0 Å². The fourth-order valence-corrected chi connectivity index (χ4v) is 6.86. The molecule has 6 rings (SSSR count). The van der Waals surface area contributed by atoms with E-state index in [1.165, 1.54) is 44.1 Å². The Hall–Kier alpha value is -2.09. The van der Waals surface area contributed by atoms with Crippen molar-refractivity contribution in [3.05, 3.63) is 71.3 Å². The Morgan fingerprint density at radius 2 is 1.63 bits per heavy atom. The maximum atomic E-state index is 12.6. The molecule has 0 spiro atoms. The first-order valence-electron chi connectivity index (χ1n) is 10.5. The molecule has 0 radical (unpaired) electrons. The number of benzene rings is 2. The highest BCUT2D eigenvalue weighted by atomic mass is 16.1. The van der Waals surface area contributed by atoms with Gasteiger partial charge < -0.3 is 5.32 Å². The summed E-state index contributed by atoms with van der Waals surface area (Å²) in [5.41, 5.74) is 4.29. The van der Waals surface area contributed by atoms with Gasteiger partial charge in [-0.05, 0) is 85.8 Å². The Labute approximate surface area is 162 Å². The molecule has 4 fully saturated rings. The summed E-state index contributed by atoms with van der Waals surface area (Å²) >= 11 is 0. The van der Waals surface area contributed by atoms with Gasteiger partial charge in [0.25, 0.3) is 5.91 Å². The topological polar surface area (TPSA) is 29.1 Å². The molecule has 2 heteroatoms. The lowest BCUT2D eigenvalue weighted by Crippen LogP contribution is -2.57. The van der Waals surface area contributed by atoms with Gasteiger partial charge in [-0.1, -0.05) is 48.0 Å². The first-order chi connectivity index (χ1) is 13.1. The van der Waals surface area contributed by atoms with E-state index in [4.69, 9.17) is 0 Å². The Balaban J connectivity index is 1.38. The smallest absolute Gasteiger partial charge is 0.251 e. The third-order valence-corrected chi connectivity index (χ3v) is 7.51. The molecule has 0 heterocycles. The Morgan fingerprint density at radius 3 is 2.30 bits per heavy atom. The molecule has 0 unspecified atom stereocenters. The normalized spacial score (nSPS) is 33.8. The third-order valence-electron chi connectivity index (χ3n) is 7.51. The number of carbonyl (C=O) groups excluding carboxylic acids is 1. The van der Waals surface area contributed by atoms with Gasteiger partial charge in [0.05, 0.1) is 0 Å². The molecule has 140 valence electrons. The maximum Gasteiger partial charge on any atom is 0.251 e. The molecule has 4 aliphatic carbocycles. The van der Waals surface area contributed by atoms with Gasteiger partial charge in [0.1, 0.15) is 0 Å². The van der Waals surface area contributed by atoms with Crippen LogP contribution in [0.3, 0.4) is 0 Å². The summed E-state index contributed by atoms with van der Waals surface area (Å²) in [5, 5.41) is 3.29. The first kappa shape index (κ1) is 17.0. The number of amides is 1. The van der Waals surface area contributed by atoms with E-state index in [2.05, 4.69) is 36.5 Å². The number of nitrogens with one attached hydrogen (secondary N) is 1. The second-order valence-electron chi connectivity index (χ2n) is 9.66. The fourth-order valence-electron chi connectivity index (χ4n) is 6.86. The van der Waals surface area contributed by atoms with E-state index in [1.807, 2.05) is 30.3 Å². The summed E-state index contributed by atoms with van der Waals surface area (Å²) in [7, 11) is 0. The van der Waals surface area contributed by atoms with Crippen LogP contribution in [0.4, 0.5) is 0 Å². The first-order valence-corrected chi connectivity index (χ1v) is 10.5. The zero-order valence-electron chi connectivity index (χ0n) is 16.2. The van der Waals surface area contributed by atoms with Crippen LogP contribution in [0.5, 0.6) is 0 Å². The fraction of sp³-hybridized carbons (Fsp3) is 0.480. The summed E-state index contributed by atoms with van der Waals surface area (Å²) in [4.78, 5) is 12.6. The third kappa shape index (κ3) is 2.99. The van der Waals surface area contributed by atoms with Crippen LogP contribution >= 0.6 is 0 Å². The molecular weight excluding hydrogens is 330 g/mol. The summed E-state index contributed by atoms with van der Waals surface area (Å²) in [6.07, 6.45) is 7.94. The van der Waals surface area contributed by atoms with Gasteiger partial charge in [0.15, 0.2) is 0 Å². The van der Waals surface area contributed by atoms with Crippen molar-refractivity contribution in [2.75, 3.05) is 6.54 Å². The van der Waals surface area contributed by atoms with Crippen molar-refractivity contribution >= 4 is 5.91 Å². The zero-order valence-corrected chi connectivity index (χ0v) is 16.2. The predicted octanol–water partition coefficient (Wildman–Crippen LogP) is 5.26. The van der Waals surface area contributed by atoms with Gasteiger partial charge in [-0.2, -0.15) is 0 Å². The minimum atomic E-state index is 0.0794. The highest BCUT2D eigenvalue weighted by Crippen LogP contribution is 2.65. The van der Waals surface area contributed by atoms with Crippen LogP contribution in [0, 0.1) is 24.2 Å².